The quantitative estimate of drug-likeness (QED) is 0.586. The number of carbonyl (C=O) groups excluding carboxylic acids is 1. The van der Waals surface area contributed by atoms with E-state index in [2.05, 4.69) is 5.32 Å². The third-order valence-corrected chi connectivity index (χ3v) is 3.67. The lowest BCUT2D eigenvalue weighted by molar-refractivity contribution is -0.121. The van der Waals surface area contributed by atoms with Gasteiger partial charge in [0.2, 0.25) is 5.91 Å². The molecule has 2 unspecified atom stereocenters. The number of nitrogens with one attached hydrogen (secondary N) is 1. The SMILES string of the molecule is O=C(CCCCO)NCC1CCCCC1CO. The first-order valence-electron chi connectivity index (χ1n) is 6.76. The Morgan fingerprint density at radius 3 is 2.47 bits per heavy atom. The molecule has 0 heterocycles. The number of rotatable bonds is 7. The second-order valence-corrected chi connectivity index (χ2v) is 4.97. The number of carbonyl (C=O) groups is 1. The third kappa shape index (κ3) is 5.50. The lowest BCUT2D eigenvalue weighted by Crippen LogP contribution is -2.35. The van der Waals surface area contributed by atoms with Crippen molar-refractivity contribution in [3.05, 3.63) is 0 Å². The van der Waals surface area contributed by atoms with Crippen molar-refractivity contribution in [2.24, 2.45) is 11.8 Å². The maximum absolute atomic E-state index is 11.5. The molecule has 1 fully saturated rings. The highest BCUT2D eigenvalue weighted by molar-refractivity contribution is 5.75. The highest BCUT2D eigenvalue weighted by Crippen LogP contribution is 2.29. The minimum atomic E-state index is 0.0701. The van der Waals surface area contributed by atoms with E-state index in [1.54, 1.807) is 0 Å². The highest BCUT2D eigenvalue weighted by atomic mass is 16.3. The molecule has 1 aliphatic carbocycles. The van der Waals surface area contributed by atoms with Crippen LogP contribution in [0.1, 0.15) is 44.9 Å². The van der Waals surface area contributed by atoms with Crippen molar-refractivity contribution in [1.29, 1.82) is 0 Å². The van der Waals surface area contributed by atoms with E-state index in [-0.39, 0.29) is 19.1 Å². The molecule has 1 aliphatic rings. The summed E-state index contributed by atoms with van der Waals surface area (Å²) in [4.78, 5) is 11.5. The van der Waals surface area contributed by atoms with Crippen molar-refractivity contribution in [1.82, 2.24) is 5.32 Å². The van der Waals surface area contributed by atoms with Crippen LogP contribution in [0.4, 0.5) is 0 Å². The lowest BCUT2D eigenvalue weighted by Gasteiger charge is -2.30. The predicted octanol–water partition coefficient (Wildman–Crippen LogP) is 1.06. The van der Waals surface area contributed by atoms with Gasteiger partial charge in [-0.2, -0.15) is 0 Å². The van der Waals surface area contributed by atoms with Crippen molar-refractivity contribution in [3.8, 4) is 0 Å². The average Bonchev–Trinajstić information content (AvgIpc) is 2.37. The van der Waals surface area contributed by atoms with Gasteiger partial charge in [0.15, 0.2) is 0 Å². The number of aliphatic hydroxyl groups is 2. The molecule has 0 aliphatic heterocycles. The molecule has 0 aromatic heterocycles. The molecule has 0 radical (unpaired) electrons. The summed E-state index contributed by atoms with van der Waals surface area (Å²) in [6, 6.07) is 0. The predicted molar refractivity (Wildman–Crippen MR) is 66.5 cm³/mol. The first kappa shape index (κ1) is 14.5. The largest absolute Gasteiger partial charge is 0.396 e. The summed E-state index contributed by atoms with van der Waals surface area (Å²) in [5.41, 5.74) is 0. The van der Waals surface area contributed by atoms with Crippen LogP contribution in [-0.2, 0) is 4.79 Å². The van der Waals surface area contributed by atoms with E-state index in [1.165, 1.54) is 12.8 Å². The first-order chi connectivity index (χ1) is 8.27. The molecule has 100 valence electrons. The van der Waals surface area contributed by atoms with Crippen molar-refractivity contribution in [2.75, 3.05) is 19.8 Å². The summed E-state index contributed by atoms with van der Waals surface area (Å²) in [5.74, 6) is 0.873. The second kappa shape index (κ2) is 8.48. The van der Waals surface area contributed by atoms with Gasteiger partial charge in [0.05, 0.1) is 0 Å². The van der Waals surface area contributed by atoms with Crippen LogP contribution >= 0.6 is 0 Å². The zero-order valence-corrected chi connectivity index (χ0v) is 10.5. The van der Waals surface area contributed by atoms with E-state index < -0.39 is 0 Å². The minimum Gasteiger partial charge on any atom is -0.396 e. The van der Waals surface area contributed by atoms with E-state index in [9.17, 15) is 9.90 Å². The number of unbranched alkanes of at least 4 members (excludes halogenated alkanes) is 1. The smallest absolute Gasteiger partial charge is 0.220 e. The number of amides is 1. The van der Waals surface area contributed by atoms with Crippen LogP contribution in [0.5, 0.6) is 0 Å². The van der Waals surface area contributed by atoms with Gasteiger partial charge < -0.3 is 15.5 Å². The Morgan fingerprint density at radius 2 is 1.82 bits per heavy atom. The van der Waals surface area contributed by atoms with Crippen molar-refractivity contribution < 1.29 is 15.0 Å². The van der Waals surface area contributed by atoms with E-state index in [0.717, 1.165) is 19.3 Å². The standard InChI is InChI=1S/C13H25NO3/c15-8-4-3-7-13(17)14-9-11-5-1-2-6-12(11)10-16/h11-12,15-16H,1-10H2,(H,14,17). The van der Waals surface area contributed by atoms with Crippen LogP contribution in [0, 0.1) is 11.8 Å². The van der Waals surface area contributed by atoms with Crippen LogP contribution in [0.2, 0.25) is 0 Å². The monoisotopic (exact) mass is 243 g/mol. The van der Waals surface area contributed by atoms with Gasteiger partial charge in [-0.05, 0) is 37.5 Å². The Balaban J connectivity index is 2.17. The number of aliphatic hydroxyl groups excluding tert-OH is 2. The molecule has 4 heteroatoms. The molecule has 0 spiro atoms. The van der Waals surface area contributed by atoms with Crippen molar-refractivity contribution >= 4 is 5.91 Å². The van der Waals surface area contributed by atoms with Gasteiger partial charge in [0.25, 0.3) is 0 Å². The molecule has 4 nitrogen and oxygen atoms in total. The molecule has 0 bridgehead atoms. The lowest BCUT2D eigenvalue weighted by atomic mass is 9.79. The Kier molecular flexibility index (Phi) is 7.21. The molecular formula is C13H25NO3. The fraction of sp³-hybridized carbons (Fsp3) is 0.923. The summed E-state index contributed by atoms with van der Waals surface area (Å²) >= 11 is 0. The van der Waals surface area contributed by atoms with Crippen molar-refractivity contribution in [3.63, 3.8) is 0 Å². The fourth-order valence-electron chi connectivity index (χ4n) is 2.52. The van der Waals surface area contributed by atoms with Crippen LogP contribution in [0.25, 0.3) is 0 Å². The van der Waals surface area contributed by atoms with Gasteiger partial charge in [0.1, 0.15) is 0 Å². The van der Waals surface area contributed by atoms with Crippen LogP contribution in [-0.4, -0.2) is 35.9 Å². The molecule has 0 aromatic rings. The van der Waals surface area contributed by atoms with Gasteiger partial charge in [-0.25, -0.2) is 0 Å². The summed E-state index contributed by atoms with van der Waals surface area (Å²) in [6.45, 7) is 1.09. The fourth-order valence-corrected chi connectivity index (χ4v) is 2.52. The highest BCUT2D eigenvalue weighted by Gasteiger charge is 2.24. The van der Waals surface area contributed by atoms with E-state index in [1.807, 2.05) is 0 Å². The summed E-state index contributed by atoms with van der Waals surface area (Å²) < 4.78 is 0. The zero-order chi connectivity index (χ0) is 12.5. The van der Waals surface area contributed by atoms with Crippen LogP contribution in [0.15, 0.2) is 0 Å². The molecular weight excluding hydrogens is 218 g/mol. The van der Waals surface area contributed by atoms with Gasteiger partial charge >= 0.3 is 0 Å². The Hall–Kier alpha value is -0.610. The minimum absolute atomic E-state index is 0.0701. The van der Waals surface area contributed by atoms with Gasteiger partial charge in [-0.3, -0.25) is 4.79 Å². The van der Waals surface area contributed by atoms with Crippen LogP contribution < -0.4 is 5.32 Å². The van der Waals surface area contributed by atoms with E-state index >= 15 is 0 Å². The average molecular weight is 243 g/mol. The summed E-state index contributed by atoms with van der Waals surface area (Å²) in [7, 11) is 0. The normalized spacial score (nSPS) is 24.6. The van der Waals surface area contributed by atoms with Gasteiger partial charge in [0, 0.05) is 26.2 Å². The van der Waals surface area contributed by atoms with E-state index in [4.69, 9.17) is 5.11 Å². The molecule has 17 heavy (non-hydrogen) atoms. The number of hydrogen-bond donors (Lipinski definition) is 3. The first-order valence-corrected chi connectivity index (χ1v) is 6.76. The molecule has 1 saturated carbocycles. The molecule has 1 rings (SSSR count). The van der Waals surface area contributed by atoms with Gasteiger partial charge in [-0.1, -0.05) is 12.8 Å². The topological polar surface area (TPSA) is 69.6 Å². The summed E-state index contributed by atoms with van der Waals surface area (Å²) in [6.07, 6.45) is 6.54. The zero-order valence-electron chi connectivity index (χ0n) is 10.5. The Bertz CT molecular complexity index is 221. The number of hydrogen-bond acceptors (Lipinski definition) is 3. The van der Waals surface area contributed by atoms with Crippen LogP contribution in [0.3, 0.4) is 0 Å². The van der Waals surface area contributed by atoms with Crippen molar-refractivity contribution in [2.45, 2.75) is 44.9 Å². The molecule has 2 atom stereocenters. The molecule has 3 N–H and O–H groups in total. The third-order valence-electron chi connectivity index (χ3n) is 3.67. The molecule has 0 aromatic carbocycles. The Morgan fingerprint density at radius 1 is 1.12 bits per heavy atom. The maximum Gasteiger partial charge on any atom is 0.220 e. The van der Waals surface area contributed by atoms with Gasteiger partial charge in [-0.15, -0.1) is 0 Å². The van der Waals surface area contributed by atoms with E-state index in [0.29, 0.717) is 31.2 Å². The molecule has 0 saturated heterocycles. The Labute approximate surface area is 103 Å². The second-order valence-electron chi connectivity index (χ2n) is 4.97. The summed E-state index contributed by atoms with van der Waals surface area (Å²) in [5, 5.41) is 20.8. The maximum atomic E-state index is 11.5. The molecule has 1 amide bonds.